The van der Waals surface area contributed by atoms with Gasteiger partial charge < -0.3 is 9.80 Å². The maximum atomic E-state index is 12.6. The van der Waals surface area contributed by atoms with E-state index in [1.54, 1.807) is 24.3 Å². The molecule has 0 unspecified atom stereocenters. The Morgan fingerprint density at radius 3 is 2.44 bits per heavy atom. The van der Waals surface area contributed by atoms with Crippen LogP contribution in [0.25, 0.3) is 10.9 Å². The van der Waals surface area contributed by atoms with Gasteiger partial charge in [0, 0.05) is 60.6 Å². The van der Waals surface area contributed by atoms with Gasteiger partial charge in [-0.1, -0.05) is 6.07 Å². The van der Waals surface area contributed by atoms with Gasteiger partial charge in [0.25, 0.3) is 0 Å². The first kappa shape index (κ1) is 22.7. The summed E-state index contributed by atoms with van der Waals surface area (Å²) in [5, 5.41) is 1.16. The lowest BCUT2D eigenvalue weighted by Crippen LogP contribution is -2.39. The number of halogens is 3. The first-order chi connectivity index (χ1) is 15.0. The lowest BCUT2D eigenvalue weighted by Gasteiger charge is -2.30. The van der Waals surface area contributed by atoms with Crippen LogP contribution >= 0.6 is 11.8 Å². The topological polar surface area (TPSA) is 22.6 Å². The van der Waals surface area contributed by atoms with Crippen LogP contribution in [-0.4, -0.2) is 48.2 Å². The number of alkyl halides is 3. The van der Waals surface area contributed by atoms with Crippen LogP contribution in [-0.2, 0) is 6.54 Å². The molecule has 0 spiro atoms. The van der Waals surface area contributed by atoms with Gasteiger partial charge in [0.2, 0.25) is 0 Å². The summed E-state index contributed by atoms with van der Waals surface area (Å²) in [5.41, 5.74) is -0.112. The van der Waals surface area contributed by atoms with E-state index >= 15 is 0 Å². The summed E-state index contributed by atoms with van der Waals surface area (Å²) in [4.78, 5) is 11.5. The van der Waals surface area contributed by atoms with E-state index in [1.165, 1.54) is 5.56 Å². The molecule has 0 aliphatic carbocycles. The molecule has 1 fully saturated rings. The zero-order chi connectivity index (χ0) is 23.1. The van der Waals surface area contributed by atoms with Crippen molar-refractivity contribution in [2.75, 3.05) is 37.1 Å². The molecule has 0 saturated carbocycles. The van der Waals surface area contributed by atoms with Crippen molar-refractivity contribution in [3.05, 3.63) is 60.3 Å². The molecule has 0 amide bonds. The van der Waals surface area contributed by atoms with Gasteiger partial charge in [-0.3, -0.25) is 9.88 Å². The van der Waals surface area contributed by atoms with Crippen molar-refractivity contribution >= 4 is 34.0 Å². The van der Waals surface area contributed by atoms with E-state index in [1.807, 2.05) is 32.4 Å². The number of fused-ring (bicyclic) bond motifs is 1. The molecule has 2 heterocycles. The molecule has 1 aliphatic rings. The van der Waals surface area contributed by atoms with Gasteiger partial charge in [0.05, 0.1) is 12.2 Å². The Bertz CT molecular complexity index is 1090. The van der Waals surface area contributed by atoms with E-state index in [9.17, 15) is 13.2 Å². The molecular formula is C24H27F3N4S. The monoisotopic (exact) mass is 460 g/mol. The Balaban J connectivity index is 1.57. The number of benzene rings is 2. The number of hydrogen-bond acceptors (Lipinski definition) is 5. The first-order valence-electron chi connectivity index (χ1n) is 10.4. The number of thioether (sulfide) groups is 1. The number of rotatable bonds is 5. The second-order valence-electron chi connectivity index (χ2n) is 8.93. The predicted molar refractivity (Wildman–Crippen MR) is 126 cm³/mol. The Morgan fingerprint density at radius 2 is 1.78 bits per heavy atom. The Labute approximate surface area is 191 Å². The fraction of sp³-hybridized carbons (Fsp3) is 0.375. The zero-order valence-electron chi connectivity index (χ0n) is 18.6. The number of hydrogen-bond donors (Lipinski definition) is 0. The summed E-state index contributed by atoms with van der Waals surface area (Å²) in [6.07, 6.45) is 1.86. The van der Waals surface area contributed by atoms with Gasteiger partial charge >= 0.3 is 5.51 Å². The van der Waals surface area contributed by atoms with Crippen molar-refractivity contribution in [2.45, 2.75) is 36.3 Å². The van der Waals surface area contributed by atoms with Gasteiger partial charge in [0.1, 0.15) is 0 Å². The van der Waals surface area contributed by atoms with E-state index in [2.05, 4.69) is 45.7 Å². The standard InChI is InChI=1S/C24H27F3N4S/c1-23(2)15-30(18-8-10-19(11-9-18)32-24(25,26)27)16-31(23)14-17-12-13-28-20-6-5-7-21(22(17)20)29(3)4/h5-13H,14-16H2,1-4H3. The van der Waals surface area contributed by atoms with Crippen LogP contribution in [0.3, 0.4) is 0 Å². The third-order valence-corrected chi connectivity index (χ3v) is 6.62. The van der Waals surface area contributed by atoms with E-state index in [0.29, 0.717) is 6.67 Å². The molecule has 3 aromatic rings. The average molecular weight is 461 g/mol. The van der Waals surface area contributed by atoms with Gasteiger partial charge in [0.15, 0.2) is 0 Å². The molecule has 1 aromatic heterocycles. The summed E-state index contributed by atoms with van der Waals surface area (Å²) in [5.74, 6) is 0. The third-order valence-electron chi connectivity index (χ3n) is 5.88. The fourth-order valence-electron chi connectivity index (χ4n) is 4.28. The minimum Gasteiger partial charge on any atom is -0.377 e. The van der Waals surface area contributed by atoms with Gasteiger partial charge in [-0.15, -0.1) is 0 Å². The normalized spacial score (nSPS) is 16.7. The van der Waals surface area contributed by atoms with Crippen LogP contribution in [0.2, 0.25) is 0 Å². The van der Waals surface area contributed by atoms with Crippen molar-refractivity contribution in [3.63, 3.8) is 0 Å². The van der Waals surface area contributed by atoms with Gasteiger partial charge in [-0.05, 0) is 73.6 Å². The van der Waals surface area contributed by atoms with Crippen molar-refractivity contribution in [1.29, 1.82) is 0 Å². The minimum atomic E-state index is -4.27. The Kier molecular flexibility index (Phi) is 6.02. The van der Waals surface area contributed by atoms with E-state index < -0.39 is 5.51 Å². The predicted octanol–water partition coefficient (Wildman–Crippen LogP) is 5.97. The van der Waals surface area contributed by atoms with Gasteiger partial charge in [-0.2, -0.15) is 13.2 Å². The molecular weight excluding hydrogens is 433 g/mol. The maximum absolute atomic E-state index is 12.6. The molecule has 0 bridgehead atoms. The average Bonchev–Trinajstić information content (AvgIpc) is 3.01. The lowest BCUT2D eigenvalue weighted by molar-refractivity contribution is -0.0328. The highest BCUT2D eigenvalue weighted by Crippen LogP contribution is 2.38. The van der Waals surface area contributed by atoms with E-state index in [4.69, 9.17) is 0 Å². The highest BCUT2D eigenvalue weighted by atomic mass is 32.2. The minimum absolute atomic E-state index is 0.0800. The largest absolute Gasteiger partial charge is 0.446 e. The third kappa shape index (κ3) is 4.81. The zero-order valence-corrected chi connectivity index (χ0v) is 19.5. The second kappa shape index (κ2) is 8.48. The SMILES string of the molecule is CN(C)c1cccc2nccc(CN3CN(c4ccc(SC(F)(F)F)cc4)CC3(C)C)c12. The number of aromatic nitrogens is 1. The second-order valence-corrected chi connectivity index (χ2v) is 10.1. The van der Waals surface area contributed by atoms with Gasteiger partial charge in [-0.25, -0.2) is 0 Å². The molecule has 0 N–H and O–H groups in total. The Hall–Kier alpha value is -2.45. The fourth-order valence-corrected chi connectivity index (χ4v) is 4.82. The molecule has 170 valence electrons. The number of pyridine rings is 1. The molecule has 0 atom stereocenters. The quantitative estimate of drug-likeness (QED) is 0.436. The summed E-state index contributed by atoms with van der Waals surface area (Å²) < 4.78 is 37.9. The number of anilines is 2. The molecule has 32 heavy (non-hydrogen) atoms. The highest BCUT2D eigenvalue weighted by Gasteiger charge is 2.37. The van der Waals surface area contributed by atoms with Crippen molar-refractivity contribution < 1.29 is 13.2 Å². The molecule has 4 rings (SSSR count). The van der Waals surface area contributed by atoms with Crippen LogP contribution in [0.4, 0.5) is 24.5 Å². The first-order valence-corrected chi connectivity index (χ1v) is 11.2. The van der Waals surface area contributed by atoms with Crippen LogP contribution < -0.4 is 9.80 Å². The number of nitrogens with zero attached hydrogens (tertiary/aromatic N) is 4. The molecule has 4 nitrogen and oxygen atoms in total. The van der Waals surface area contributed by atoms with Crippen molar-refractivity contribution in [3.8, 4) is 0 Å². The molecule has 1 aliphatic heterocycles. The molecule has 0 radical (unpaired) electrons. The van der Waals surface area contributed by atoms with E-state index in [-0.39, 0.29) is 22.2 Å². The maximum Gasteiger partial charge on any atom is 0.446 e. The molecule has 1 saturated heterocycles. The summed E-state index contributed by atoms with van der Waals surface area (Å²) in [6.45, 7) is 6.67. The lowest BCUT2D eigenvalue weighted by atomic mass is 10.0. The molecule has 2 aromatic carbocycles. The summed E-state index contributed by atoms with van der Waals surface area (Å²) >= 11 is -0.0800. The van der Waals surface area contributed by atoms with E-state index in [0.717, 1.165) is 35.4 Å². The van der Waals surface area contributed by atoms with Crippen molar-refractivity contribution in [2.24, 2.45) is 0 Å². The highest BCUT2D eigenvalue weighted by molar-refractivity contribution is 8.00. The van der Waals surface area contributed by atoms with Crippen LogP contribution in [0, 0.1) is 0 Å². The van der Waals surface area contributed by atoms with Crippen LogP contribution in [0.15, 0.2) is 59.6 Å². The van der Waals surface area contributed by atoms with Crippen molar-refractivity contribution in [1.82, 2.24) is 9.88 Å². The molecule has 8 heteroatoms. The summed E-state index contributed by atoms with van der Waals surface area (Å²) in [7, 11) is 4.07. The van der Waals surface area contributed by atoms with Crippen LogP contribution in [0.5, 0.6) is 0 Å². The smallest absolute Gasteiger partial charge is 0.377 e. The van der Waals surface area contributed by atoms with Crippen LogP contribution in [0.1, 0.15) is 19.4 Å². The summed E-state index contributed by atoms with van der Waals surface area (Å²) in [6, 6.07) is 14.9. The Morgan fingerprint density at radius 1 is 1.06 bits per heavy atom.